The highest BCUT2D eigenvalue weighted by atomic mass is 79.9. The second kappa shape index (κ2) is 12.8. The predicted molar refractivity (Wildman–Crippen MR) is 149 cm³/mol. The molecule has 1 N–H and O–H groups in total. The lowest BCUT2D eigenvalue weighted by atomic mass is 9.87. The number of benzene rings is 2. The Labute approximate surface area is 225 Å². The first-order valence-electron chi connectivity index (χ1n) is 13.2. The molecule has 0 aromatic heterocycles. The molecule has 5 nitrogen and oxygen atoms in total. The minimum atomic E-state index is -0.546. The van der Waals surface area contributed by atoms with Gasteiger partial charge in [0.1, 0.15) is 11.8 Å². The Morgan fingerprint density at radius 3 is 2.44 bits per heavy atom. The van der Waals surface area contributed by atoms with Crippen molar-refractivity contribution < 1.29 is 14.3 Å². The van der Waals surface area contributed by atoms with Gasteiger partial charge in [-0.25, -0.2) is 0 Å². The molecule has 6 heteroatoms. The molecule has 0 heterocycles. The molecule has 3 rings (SSSR count). The summed E-state index contributed by atoms with van der Waals surface area (Å²) in [5.41, 5.74) is 3.32. The quantitative estimate of drug-likeness (QED) is 0.374. The summed E-state index contributed by atoms with van der Waals surface area (Å²) >= 11 is 3.60. The number of ether oxygens (including phenoxy) is 1. The summed E-state index contributed by atoms with van der Waals surface area (Å²) in [6.45, 7) is 10.7. The fraction of sp³-hybridized carbons (Fsp3) is 0.533. The van der Waals surface area contributed by atoms with Gasteiger partial charge in [0.25, 0.3) is 5.91 Å². The lowest BCUT2D eigenvalue weighted by Crippen LogP contribution is -2.52. The molecule has 1 aliphatic carbocycles. The number of carbonyl (C=O) groups is 2. The Morgan fingerprint density at radius 2 is 1.83 bits per heavy atom. The standard InChI is InChI=1S/C30H41BrN2O3/c1-6-26(29(35)32-24-13-8-7-9-14-24)33(19-22-12-10-11-21(2)17-22)28(34)20-36-27-16-15-23(18-25(27)31)30(3,4)5/h10-12,15-18,24,26H,6-9,13-14,19-20H2,1-5H3,(H,32,35)/t26-/m0/s1. The van der Waals surface area contributed by atoms with E-state index in [9.17, 15) is 9.59 Å². The molecule has 0 unspecified atom stereocenters. The average Bonchev–Trinajstić information content (AvgIpc) is 2.83. The lowest BCUT2D eigenvalue weighted by molar-refractivity contribution is -0.143. The molecule has 2 aromatic rings. The maximum atomic E-state index is 13.5. The molecule has 1 fully saturated rings. The summed E-state index contributed by atoms with van der Waals surface area (Å²) in [5.74, 6) is 0.349. The highest BCUT2D eigenvalue weighted by molar-refractivity contribution is 9.10. The van der Waals surface area contributed by atoms with Gasteiger partial charge in [-0.05, 0) is 70.8 Å². The van der Waals surface area contributed by atoms with Crippen molar-refractivity contribution in [2.24, 2.45) is 0 Å². The molecule has 2 aromatic carbocycles. The number of hydrogen-bond donors (Lipinski definition) is 1. The number of hydrogen-bond acceptors (Lipinski definition) is 3. The highest BCUT2D eigenvalue weighted by Gasteiger charge is 2.30. The minimum Gasteiger partial charge on any atom is -0.483 e. The van der Waals surface area contributed by atoms with Crippen molar-refractivity contribution in [1.29, 1.82) is 0 Å². The van der Waals surface area contributed by atoms with Crippen LogP contribution in [-0.4, -0.2) is 35.4 Å². The maximum absolute atomic E-state index is 13.5. The van der Waals surface area contributed by atoms with Crippen LogP contribution in [0.5, 0.6) is 5.75 Å². The van der Waals surface area contributed by atoms with E-state index in [4.69, 9.17) is 4.74 Å². The molecule has 0 bridgehead atoms. The fourth-order valence-electron chi connectivity index (χ4n) is 4.78. The van der Waals surface area contributed by atoms with Crippen molar-refractivity contribution in [3.05, 3.63) is 63.6 Å². The first-order chi connectivity index (χ1) is 17.1. The van der Waals surface area contributed by atoms with Crippen molar-refractivity contribution in [3.8, 4) is 5.75 Å². The number of nitrogens with one attached hydrogen (secondary N) is 1. The zero-order chi connectivity index (χ0) is 26.3. The molecule has 1 atom stereocenters. The normalized spacial score (nSPS) is 15.3. The Hall–Kier alpha value is -2.34. The third-order valence-corrected chi connectivity index (χ3v) is 7.54. The summed E-state index contributed by atoms with van der Waals surface area (Å²) in [5, 5.41) is 3.22. The SMILES string of the molecule is CC[C@@H](C(=O)NC1CCCCC1)N(Cc1cccc(C)c1)C(=O)COc1ccc(C(C)(C)C)cc1Br. The molecule has 2 amide bonds. The van der Waals surface area contributed by atoms with E-state index in [1.54, 1.807) is 4.90 Å². The van der Waals surface area contributed by atoms with Gasteiger partial charge in [0.15, 0.2) is 6.61 Å². The van der Waals surface area contributed by atoms with E-state index in [0.717, 1.165) is 41.3 Å². The summed E-state index contributed by atoms with van der Waals surface area (Å²) in [6.07, 6.45) is 6.07. The van der Waals surface area contributed by atoms with Crippen LogP contribution in [0, 0.1) is 6.92 Å². The molecule has 36 heavy (non-hydrogen) atoms. The number of carbonyl (C=O) groups excluding carboxylic acids is 2. The third kappa shape index (κ3) is 7.83. The van der Waals surface area contributed by atoms with Crippen LogP contribution in [-0.2, 0) is 21.5 Å². The van der Waals surface area contributed by atoms with Crippen LogP contribution in [0.15, 0.2) is 46.9 Å². The van der Waals surface area contributed by atoms with E-state index in [-0.39, 0.29) is 29.9 Å². The van der Waals surface area contributed by atoms with Gasteiger partial charge in [-0.3, -0.25) is 9.59 Å². The van der Waals surface area contributed by atoms with Gasteiger partial charge in [-0.15, -0.1) is 0 Å². The molecule has 1 saturated carbocycles. The summed E-state index contributed by atoms with van der Waals surface area (Å²) in [7, 11) is 0. The van der Waals surface area contributed by atoms with Gasteiger partial charge in [0.2, 0.25) is 5.91 Å². The molecule has 0 radical (unpaired) electrons. The van der Waals surface area contributed by atoms with Crippen LogP contribution >= 0.6 is 15.9 Å². The lowest BCUT2D eigenvalue weighted by Gasteiger charge is -2.32. The molecular weight excluding hydrogens is 516 g/mol. The van der Waals surface area contributed by atoms with Gasteiger partial charge in [0.05, 0.1) is 4.47 Å². The fourth-order valence-corrected chi connectivity index (χ4v) is 5.27. The van der Waals surface area contributed by atoms with Crippen molar-refractivity contribution >= 4 is 27.7 Å². The van der Waals surface area contributed by atoms with Crippen molar-refractivity contribution in [2.75, 3.05) is 6.61 Å². The summed E-state index contributed by atoms with van der Waals surface area (Å²) in [6, 6.07) is 13.7. The predicted octanol–water partition coefficient (Wildman–Crippen LogP) is 6.69. The van der Waals surface area contributed by atoms with Gasteiger partial charge in [0, 0.05) is 12.6 Å². The van der Waals surface area contributed by atoms with Crippen LogP contribution in [0.1, 0.15) is 82.9 Å². The number of rotatable bonds is 9. The van der Waals surface area contributed by atoms with Gasteiger partial charge in [-0.1, -0.05) is 82.9 Å². The monoisotopic (exact) mass is 556 g/mol. The smallest absolute Gasteiger partial charge is 0.261 e. The molecule has 0 spiro atoms. The molecule has 0 aliphatic heterocycles. The summed E-state index contributed by atoms with van der Waals surface area (Å²) < 4.78 is 6.78. The number of halogens is 1. The van der Waals surface area contributed by atoms with E-state index in [0.29, 0.717) is 18.7 Å². The van der Waals surface area contributed by atoms with Gasteiger partial charge in [-0.2, -0.15) is 0 Å². The number of nitrogens with zero attached hydrogens (tertiary/aromatic N) is 1. The first-order valence-corrected chi connectivity index (χ1v) is 14.0. The second-order valence-electron chi connectivity index (χ2n) is 11.0. The highest BCUT2D eigenvalue weighted by Crippen LogP contribution is 2.31. The summed E-state index contributed by atoms with van der Waals surface area (Å²) in [4.78, 5) is 28.6. The van der Waals surface area contributed by atoms with E-state index < -0.39 is 6.04 Å². The van der Waals surface area contributed by atoms with Gasteiger partial charge >= 0.3 is 0 Å². The molecule has 1 aliphatic rings. The maximum Gasteiger partial charge on any atom is 0.261 e. The molecule has 196 valence electrons. The number of aryl methyl sites for hydroxylation is 1. The first kappa shape index (κ1) is 28.2. The number of amides is 2. The van der Waals surface area contributed by atoms with Crippen molar-refractivity contribution in [3.63, 3.8) is 0 Å². The van der Waals surface area contributed by atoms with Crippen LogP contribution in [0.3, 0.4) is 0 Å². The van der Waals surface area contributed by atoms with E-state index in [1.165, 1.54) is 12.0 Å². The second-order valence-corrected chi connectivity index (χ2v) is 11.8. The largest absolute Gasteiger partial charge is 0.483 e. The Kier molecular flexibility index (Phi) is 10.0. The van der Waals surface area contributed by atoms with Crippen LogP contribution in [0.4, 0.5) is 0 Å². The zero-order valence-corrected chi connectivity index (χ0v) is 24.0. The van der Waals surface area contributed by atoms with Crippen LogP contribution in [0.2, 0.25) is 0 Å². The topological polar surface area (TPSA) is 58.6 Å². The van der Waals surface area contributed by atoms with Crippen LogP contribution < -0.4 is 10.1 Å². The van der Waals surface area contributed by atoms with Crippen LogP contribution in [0.25, 0.3) is 0 Å². The Balaban J connectivity index is 1.77. The van der Waals surface area contributed by atoms with E-state index >= 15 is 0 Å². The average molecular weight is 558 g/mol. The van der Waals surface area contributed by atoms with E-state index in [2.05, 4.69) is 48.1 Å². The zero-order valence-electron chi connectivity index (χ0n) is 22.4. The van der Waals surface area contributed by atoms with Gasteiger partial charge < -0.3 is 15.0 Å². The Morgan fingerprint density at radius 1 is 1.11 bits per heavy atom. The van der Waals surface area contributed by atoms with E-state index in [1.807, 2.05) is 50.2 Å². The molecule has 0 saturated heterocycles. The van der Waals surface area contributed by atoms with Crippen molar-refractivity contribution in [1.82, 2.24) is 10.2 Å². The molecular formula is C30H41BrN2O3. The van der Waals surface area contributed by atoms with Crippen molar-refractivity contribution in [2.45, 2.75) is 97.2 Å². The Bertz CT molecular complexity index is 1040. The third-order valence-electron chi connectivity index (χ3n) is 6.92. The minimum absolute atomic E-state index is 0.0154.